The lowest BCUT2D eigenvalue weighted by molar-refractivity contribution is -0.274. The molecule has 6 heteroatoms. The molecule has 1 aliphatic carbocycles. The van der Waals surface area contributed by atoms with Crippen molar-refractivity contribution in [1.29, 1.82) is 0 Å². The van der Waals surface area contributed by atoms with Crippen LogP contribution in [0.15, 0.2) is 18.2 Å². The second kappa shape index (κ2) is 6.56. The van der Waals surface area contributed by atoms with Gasteiger partial charge in [-0.2, -0.15) is 0 Å². The summed E-state index contributed by atoms with van der Waals surface area (Å²) in [6, 6.07) is 3.71. The minimum Gasteiger partial charge on any atom is -0.496 e. The lowest BCUT2D eigenvalue weighted by atomic mass is 9.81. The number of nitrogens with two attached hydrogens (primary N) is 1. The van der Waals surface area contributed by atoms with Crippen molar-refractivity contribution >= 4 is 0 Å². The molecule has 118 valence electrons. The second-order valence-electron chi connectivity index (χ2n) is 5.38. The van der Waals surface area contributed by atoms with Crippen LogP contribution in [0.3, 0.4) is 0 Å². The Bertz CT molecular complexity index is 470. The highest BCUT2D eigenvalue weighted by atomic mass is 19.4. The van der Waals surface area contributed by atoms with Crippen molar-refractivity contribution in [2.75, 3.05) is 7.11 Å². The fourth-order valence-electron chi connectivity index (χ4n) is 2.92. The van der Waals surface area contributed by atoms with E-state index in [0.29, 0.717) is 11.3 Å². The molecule has 0 amide bonds. The highest BCUT2D eigenvalue weighted by molar-refractivity contribution is 5.42. The molecular weight excluding hydrogens is 283 g/mol. The van der Waals surface area contributed by atoms with Crippen LogP contribution in [-0.4, -0.2) is 13.5 Å². The molecule has 0 heterocycles. The molecule has 3 nitrogen and oxygen atoms in total. The maximum absolute atomic E-state index is 12.3. The smallest absolute Gasteiger partial charge is 0.496 e. The van der Waals surface area contributed by atoms with E-state index in [0.717, 1.165) is 25.7 Å². The van der Waals surface area contributed by atoms with Gasteiger partial charge in [0.1, 0.15) is 11.5 Å². The molecule has 1 aliphatic rings. The maximum Gasteiger partial charge on any atom is 0.573 e. The molecule has 0 aliphatic heterocycles. The van der Waals surface area contributed by atoms with Gasteiger partial charge in [0.05, 0.1) is 7.11 Å². The first-order valence-electron chi connectivity index (χ1n) is 7.10. The predicted octanol–water partition coefficient (Wildman–Crippen LogP) is 4.17. The van der Waals surface area contributed by atoms with Crippen molar-refractivity contribution in [3.8, 4) is 11.5 Å². The third kappa shape index (κ3) is 4.27. The third-order valence-electron chi connectivity index (χ3n) is 3.95. The standard InChI is InChI=1S/C15H20F3NO2/c1-20-13-8-7-11(21-15(16,17)18)9-12(13)14(19)10-5-3-2-4-6-10/h7-10,14H,2-6,19H2,1H3/t14-/m1/s1. The van der Waals surface area contributed by atoms with E-state index in [9.17, 15) is 13.2 Å². The lowest BCUT2D eigenvalue weighted by Crippen LogP contribution is -2.24. The van der Waals surface area contributed by atoms with Gasteiger partial charge in [-0.3, -0.25) is 0 Å². The summed E-state index contributed by atoms with van der Waals surface area (Å²) >= 11 is 0. The number of rotatable bonds is 4. The van der Waals surface area contributed by atoms with E-state index >= 15 is 0 Å². The Kier molecular flexibility index (Phi) is 4.98. The number of benzene rings is 1. The van der Waals surface area contributed by atoms with Crippen LogP contribution in [0.4, 0.5) is 13.2 Å². The Balaban J connectivity index is 2.24. The van der Waals surface area contributed by atoms with E-state index in [2.05, 4.69) is 4.74 Å². The zero-order valence-corrected chi connectivity index (χ0v) is 12.0. The lowest BCUT2D eigenvalue weighted by Gasteiger charge is -2.29. The summed E-state index contributed by atoms with van der Waals surface area (Å²) in [6.45, 7) is 0. The van der Waals surface area contributed by atoms with E-state index in [1.807, 2.05) is 0 Å². The number of halogens is 3. The van der Waals surface area contributed by atoms with E-state index < -0.39 is 6.36 Å². The topological polar surface area (TPSA) is 44.5 Å². The zero-order chi connectivity index (χ0) is 15.5. The molecule has 1 saturated carbocycles. The van der Waals surface area contributed by atoms with Crippen molar-refractivity contribution in [3.05, 3.63) is 23.8 Å². The quantitative estimate of drug-likeness (QED) is 0.907. The van der Waals surface area contributed by atoms with Crippen LogP contribution >= 0.6 is 0 Å². The number of methoxy groups -OCH3 is 1. The first-order valence-corrected chi connectivity index (χ1v) is 7.10. The van der Waals surface area contributed by atoms with Crippen molar-refractivity contribution in [1.82, 2.24) is 0 Å². The SMILES string of the molecule is COc1ccc(OC(F)(F)F)cc1[C@H](N)C1CCCCC1. The molecule has 0 spiro atoms. The van der Waals surface area contributed by atoms with Gasteiger partial charge in [-0.05, 0) is 37.0 Å². The average Bonchev–Trinajstić information content (AvgIpc) is 2.45. The van der Waals surface area contributed by atoms with Crippen LogP contribution in [0.2, 0.25) is 0 Å². The zero-order valence-electron chi connectivity index (χ0n) is 12.0. The van der Waals surface area contributed by atoms with Crippen LogP contribution in [0, 0.1) is 5.92 Å². The Morgan fingerprint density at radius 1 is 1.19 bits per heavy atom. The molecule has 1 atom stereocenters. The molecule has 0 unspecified atom stereocenters. The van der Waals surface area contributed by atoms with Crippen molar-refractivity contribution in [2.24, 2.45) is 11.7 Å². The number of hydrogen-bond acceptors (Lipinski definition) is 3. The molecule has 0 aromatic heterocycles. The van der Waals surface area contributed by atoms with E-state index in [1.165, 1.54) is 31.7 Å². The number of ether oxygens (including phenoxy) is 2. The highest BCUT2D eigenvalue weighted by Gasteiger charge is 2.32. The van der Waals surface area contributed by atoms with Crippen molar-refractivity contribution in [2.45, 2.75) is 44.5 Å². The normalized spacial score (nSPS) is 18.3. The van der Waals surface area contributed by atoms with Gasteiger partial charge in [-0.25, -0.2) is 0 Å². The Morgan fingerprint density at radius 2 is 1.86 bits per heavy atom. The van der Waals surface area contributed by atoms with Crippen LogP contribution in [0.5, 0.6) is 11.5 Å². The van der Waals surface area contributed by atoms with Gasteiger partial charge in [0.2, 0.25) is 0 Å². The van der Waals surface area contributed by atoms with Gasteiger partial charge in [-0.15, -0.1) is 13.2 Å². The van der Waals surface area contributed by atoms with E-state index in [1.54, 1.807) is 0 Å². The summed E-state index contributed by atoms with van der Waals surface area (Å²) in [4.78, 5) is 0. The number of alkyl halides is 3. The summed E-state index contributed by atoms with van der Waals surface area (Å²) in [5.41, 5.74) is 6.84. The molecule has 1 fully saturated rings. The average molecular weight is 303 g/mol. The van der Waals surface area contributed by atoms with Gasteiger partial charge < -0.3 is 15.2 Å². The Morgan fingerprint density at radius 3 is 2.43 bits per heavy atom. The molecule has 0 bridgehead atoms. The van der Waals surface area contributed by atoms with Gasteiger partial charge in [0, 0.05) is 11.6 Å². The van der Waals surface area contributed by atoms with Crippen molar-refractivity contribution in [3.63, 3.8) is 0 Å². The van der Waals surface area contributed by atoms with Crippen LogP contribution in [-0.2, 0) is 0 Å². The summed E-state index contributed by atoms with van der Waals surface area (Å²) in [6.07, 6.45) is 0.695. The van der Waals surface area contributed by atoms with Gasteiger partial charge >= 0.3 is 6.36 Å². The number of hydrogen-bond donors (Lipinski definition) is 1. The first kappa shape index (κ1) is 15.9. The first-order chi connectivity index (χ1) is 9.90. The molecule has 21 heavy (non-hydrogen) atoms. The van der Waals surface area contributed by atoms with E-state index in [-0.39, 0.29) is 17.7 Å². The third-order valence-corrected chi connectivity index (χ3v) is 3.95. The molecule has 0 radical (unpaired) electrons. The van der Waals surface area contributed by atoms with Crippen molar-refractivity contribution < 1.29 is 22.6 Å². The molecule has 2 rings (SSSR count). The highest BCUT2D eigenvalue weighted by Crippen LogP contribution is 2.38. The predicted molar refractivity (Wildman–Crippen MR) is 73.2 cm³/mol. The summed E-state index contributed by atoms with van der Waals surface area (Å²) in [5.74, 6) is 0.515. The van der Waals surface area contributed by atoms with Crippen LogP contribution in [0.25, 0.3) is 0 Å². The Labute approximate surface area is 122 Å². The molecule has 0 saturated heterocycles. The maximum atomic E-state index is 12.3. The summed E-state index contributed by atoms with van der Waals surface area (Å²) < 4.78 is 46.2. The largest absolute Gasteiger partial charge is 0.573 e. The Hall–Kier alpha value is -1.43. The van der Waals surface area contributed by atoms with Gasteiger partial charge in [0.25, 0.3) is 0 Å². The minimum absolute atomic E-state index is 0.260. The minimum atomic E-state index is -4.71. The fraction of sp³-hybridized carbons (Fsp3) is 0.600. The van der Waals surface area contributed by atoms with Crippen LogP contribution in [0.1, 0.15) is 43.7 Å². The molecule has 1 aromatic rings. The monoisotopic (exact) mass is 303 g/mol. The summed E-state index contributed by atoms with van der Waals surface area (Å²) in [7, 11) is 1.48. The molecular formula is C15H20F3NO2. The summed E-state index contributed by atoms with van der Waals surface area (Å²) in [5, 5.41) is 0. The second-order valence-corrected chi connectivity index (χ2v) is 5.38. The fourth-order valence-corrected chi connectivity index (χ4v) is 2.92. The molecule has 1 aromatic carbocycles. The molecule has 2 N–H and O–H groups in total. The van der Waals surface area contributed by atoms with Gasteiger partial charge in [-0.1, -0.05) is 19.3 Å². The van der Waals surface area contributed by atoms with E-state index in [4.69, 9.17) is 10.5 Å². The van der Waals surface area contributed by atoms with Crippen LogP contribution < -0.4 is 15.2 Å². The van der Waals surface area contributed by atoms with Gasteiger partial charge in [0.15, 0.2) is 0 Å².